The van der Waals surface area contributed by atoms with Crippen LogP contribution < -0.4 is 15.8 Å². The zero-order valence-corrected chi connectivity index (χ0v) is 11.9. The minimum absolute atomic E-state index is 0.206. The fourth-order valence-electron chi connectivity index (χ4n) is 2.24. The molecule has 1 saturated heterocycles. The molecule has 1 aliphatic rings. The van der Waals surface area contributed by atoms with E-state index in [4.69, 9.17) is 0 Å². The van der Waals surface area contributed by atoms with Crippen LogP contribution in [0.1, 0.15) is 19.8 Å². The Morgan fingerprint density at radius 2 is 2.29 bits per heavy atom. The van der Waals surface area contributed by atoms with Crippen LogP contribution in [0.15, 0.2) is 18.6 Å². The summed E-state index contributed by atoms with van der Waals surface area (Å²) >= 11 is 0. The molecular formula is C13H19N5O3. The molecule has 0 bridgehead atoms. The number of hydrogen-bond donors (Lipinski definition) is 2. The number of rotatable bonds is 3. The Balaban J connectivity index is 1.86. The van der Waals surface area contributed by atoms with Crippen molar-refractivity contribution in [2.45, 2.75) is 19.8 Å². The molecule has 8 heteroatoms. The Morgan fingerprint density at radius 1 is 1.43 bits per heavy atom. The summed E-state index contributed by atoms with van der Waals surface area (Å²) in [6.45, 7) is 3.34. The Labute approximate surface area is 122 Å². The summed E-state index contributed by atoms with van der Waals surface area (Å²) in [5, 5.41) is 0. The minimum Gasteiger partial charge on any atom is -0.449 e. The third-order valence-electron chi connectivity index (χ3n) is 3.23. The van der Waals surface area contributed by atoms with Crippen LogP contribution in [-0.4, -0.2) is 41.7 Å². The average molecular weight is 293 g/mol. The molecule has 0 unspecified atom stereocenters. The van der Waals surface area contributed by atoms with Crippen LogP contribution in [0.4, 0.5) is 10.6 Å². The lowest BCUT2D eigenvalue weighted by Gasteiger charge is -2.32. The van der Waals surface area contributed by atoms with Crippen molar-refractivity contribution in [1.29, 1.82) is 0 Å². The van der Waals surface area contributed by atoms with Crippen molar-refractivity contribution in [3.63, 3.8) is 0 Å². The topological polar surface area (TPSA) is 96.5 Å². The standard InChI is InChI=1S/C13H19N5O3/c1-2-21-13(20)17-16-12(19)10-4-3-7-18(9-10)11-8-14-5-6-15-11/h5-6,8,10H,2-4,7,9H2,1H3,(H,16,19)(H,17,20)/t10-/m1/s1. The van der Waals surface area contributed by atoms with Gasteiger partial charge in [-0.15, -0.1) is 0 Å². The molecule has 1 atom stereocenters. The molecule has 0 spiro atoms. The lowest BCUT2D eigenvalue weighted by Crippen LogP contribution is -2.49. The van der Waals surface area contributed by atoms with Crippen molar-refractivity contribution < 1.29 is 14.3 Å². The number of nitrogens with one attached hydrogen (secondary N) is 2. The fraction of sp³-hybridized carbons (Fsp3) is 0.538. The third kappa shape index (κ3) is 4.30. The first-order valence-electron chi connectivity index (χ1n) is 6.94. The number of piperidine rings is 1. The molecule has 0 radical (unpaired) electrons. The molecule has 1 fully saturated rings. The van der Waals surface area contributed by atoms with Gasteiger partial charge in [0.2, 0.25) is 5.91 Å². The third-order valence-corrected chi connectivity index (χ3v) is 3.23. The molecule has 1 aliphatic heterocycles. The second kappa shape index (κ2) is 7.41. The minimum atomic E-state index is -0.660. The maximum atomic E-state index is 12.0. The number of hydrogen-bond acceptors (Lipinski definition) is 6. The van der Waals surface area contributed by atoms with Crippen LogP contribution in [-0.2, 0) is 9.53 Å². The van der Waals surface area contributed by atoms with Crippen molar-refractivity contribution in [3.8, 4) is 0 Å². The van der Waals surface area contributed by atoms with E-state index in [-0.39, 0.29) is 18.4 Å². The molecule has 1 aromatic rings. The molecule has 1 aromatic heterocycles. The van der Waals surface area contributed by atoms with Gasteiger partial charge in [0.25, 0.3) is 0 Å². The van der Waals surface area contributed by atoms with E-state index in [1.807, 2.05) is 4.90 Å². The van der Waals surface area contributed by atoms with Gasteiger partial charge in [-0.25, -0.2) is 15.2 Å². The molecule has 21 heavy (non-hydrogen) atoms. The maximum Gasteiger partial charge on any atom is 0.426 e. The monoisotopic (exact) mass is 293 g/mol. The predicted octanol–water partition coefficient (Wildman–Crippen LogP) is 0.470. The van der Waals surface area contributed by atoms with E-state index < -0.39 is 6.09 Å². The number of ether oxygens (including phenoxy) is 1. The smallest absolute Gasteiger partial charge is 0.426 e. The second-order valence-corrected chi connectivity index (χ2v) is 4.68. The largest absolute Gasteiger partial charge is 0.449 e. The number of anilines is 1. The number of nitrogens with zero attached hydrogens (tertiary/aromatic N) is 3. The van der Waals surface area contributed by atoms with Gasteiger partial charge in [0.05, 0.1) is 18.7 Å². The first-order chi connectivity index (χ1) is 10.2. The van der Waals surface area contributed by atoms with Crippen LogP contribution in [0, 0.1) is 5.92 Å². The van der Waals surface area contributed by atoms with Crippen LogP contribution in [0.2, 0.25) is 0 Å². The van der Waals surface area contributed by atoms with Crippen LogP contribution in [0.5, 0.6) is 0 Å². The average Bonchev–Trinajstić information content (AvgIpc) is 2.54. The summed E-state index contributed by atoms with van der Waals surface area (Å²) < 4.78 is 4.68. The number of carbonyl (C=O) groups excluding carboxylic acids is 2. The van der Waals surface area contributed by atoms with Gasteiger partial charge < -0.3 is 9.64 Å². The highest BCUT2D eigenvalue weighted by Crippen LogP contribution is 2.20. The Morgan fingerprint density at radius 3 is 3.00 bits per heavy atom. The quantitative estimate of drug-likeness (QED) is 0.786. The molecule has 0 saturated carbocycles. The molecule has 2 heterocycles. The highest BCUT2D eigenvalue weighted by Gasteiger charge is 2.26. The van der Waals surface area contributed by atoms with Crippen molar-refractivity contribution in [1.82, 2.24) is 20.8 Å². The van der Waals surface area contributed by atoms with E-state index in [2.05, 4.69) is 25.6 Å². The van der Waals surface area contributed by atoms with E-state index in [1.54, 1.807) is 25.5 Å². The molecule has 8 nitrogen and oxygen atoms in total. The zero-order valence-electron chi connectivity index (χ0n) is 11.9. The van der Waals surface area contributed by atoms with Gasteiger partial charge in [-0.2, -0.15) is 0 Å². The first kappa shape index (κ1) is 15.0. The Bertz CT molecular complexity index is 482. The highest BCUT2D eigenvalue weighted by molar-refractivity contribution is 5.81. The van der Waals surface area contributed by atoms with Crippen LogP contribution >= 0.6 is 0 Å². The first-order valence-corrected chi connectivity index (χ1v) is 6.94. The van der Waals surface area contributed by atoms with E-state index >= 15 is 0 Å². The molecule has 2 N–H and O–H groups in total. The van der Waals surface area contributed by atoms with E-state index in [0.717, 1.165) is 25.2 Å². The summed E-state index contributed by atoms with van der Waals surface area (Å²) in [6, 6.07) is 0. The summed E-state index contributed by atoms with van der Waals surface area (Å²) in [6.07, 6.45) is 5.91. The SMILES string of the molecule is CCOC(=O)NNC(=O)[C@@H]1CCCN(c2cnccn2)C1. The normalized spacial score (nSPS) is 18.0. The van der Waals surface area contributed by atoms with Gasteiger partial charge in [0.1, 0.15) is 5.82 Å². The van der Waals surface area contributed by atoms with Gasteiger partial charge in [-0.3, -0.25) is 15.2 Å². The van der Waals surface area contributed by atoms with E-state index in [1.165, 1.54) is 0 Å². The lowest BCUT2D eigenvalue weighted by molar-refractivity contribution is -0.126. The van der Waals surface area contributed by atoms with Gasteiger partial charge in [0, 0.05) is 25.5 Å². The van der Waals surface area contributed by atoms with Crippen LogP contribution in [0.3, 0.4) is 0 Å². The number of carbonyl (C=O) groups is 2. The summed E-state index contributed by atoms with van der Waals surface area (Å²) in [5.41, 5.74) is 4.61. The van der Waals surface area contributed by atoms with Gasteiger partial charge in [-0.1, -0.05) is 0 Å². The fourth-order valence-corrected chi connectivity index (χ4v) is 2.24. The molecule has 2 rings (SSSR count). The summed E-state index contributed by atoms with van der Waals surface area (Å²) in [4.78, 5) is 33.5. The zero-order chi connectivity index (χ0) is 15.1. The maximum absolute atomic E-state index is 12.0. The Kier molecular flexibility index (Phi) is 5.30. The van der Waals surface area contributed by atoms with Crippen molar-refractivity contribution in [3.05, 3.63) is 18.6 Å². The number of amides is 2. The molecular weight excluding hydrogens is 274 g/mol. The Hall–Kier alpha value is -2.38. The predicted molar refractivity (Wildman–Crippen MR) is 75.3 cm³/mol. The molecule has 0 aliphatic carbocycles. The number of aromatic nitrogens is 2. The van der Waals surface area contributed by atoms with E-state index in [9.17, 15) is 9.59 Å². The van der Waals surface area contributed by atoms with Gasteiger partial charge in [-0.05, 0) is 19.8 Å². The summed E-state index contributed by atoms with van der Waals surface area (Å²) in [7, 11) is 0. The molecule has 114 valence electrons. The second-order valence-electron chi connectivity index (χ2n) is 4.68. The van der Waals surface area contributed by atoms with E-state index in [0.29, 0.717) is 6.54 Å². The molecule has 2 amide bonds. The van der Waals surface area contributed by atoms with Crippen molar-refractivity contribution in [2.24, 2.45) is 5.92 Å². The highest BCUT2D eigenvalue weighted by atomic mass is 16.5. The summed E-state index contributed by atoms with van der Waals surface area (Å²) in [5.74, 6) is 0.327. The van der Waals surface area contributed by atoms with Crippen LogP contribution in [0.25, 0.3) is 0 Å². The van der Waals surface area contributed by atoms with Crippen molar-refractivity contribution in [2.75, 3.05) is 24.6 Å². The lowest BCUT2D eigenvalue weighted by atomic mass is 9.97. The van der Waals surface area contributed by atoms with Gasteiger partial charge >= 0.3 is 6.09 Å². The van der Waals surface area contributed by atoms with Crippen molar-refractivity contribution >= 4 is 17.8 Å². The van der Waals surface area contributed by atoms with Gasteiger partial charge in [0.15, 0.2) is 0 Å². The number of hydrazine groups is 1. The molecule has 0 aromatic carbocycles.